The Kier molecular flexibility index (Phi) is 8.65. The van der Waals surface area contributed by atoms with Crippen LogP contribution in [0.1, 0.15) is 29.2 Å². The molecule has 6 nitrogen and oxygen atoms in total. The first-order chi connectivity index (χ1) is 18.8. The summed E-state index contributed by atoms with van der Waals surface area (Å²) in [5.41, 5.74) is 1.77. The molecule has 1 heterocycles. The summed E-state index contributed by atoms with van der Waals surface area (Å²) in [4.78, 5) is 25.7. The molecule has 2 N–H and O–H groups in total. The number of amides is 2. The highest BCUT2D eigenvalue weighted by molar-refractivity contribution is 6.31. The highest BCUT2D eigenvalue weighted by atomic mass is 35.5. The van der Waals surface area contributed by atoms with Crippen LogP contribution in [0.5, 0.6) is 0 Å². The maximum Gasteiger partial charge on any atom is 0.416 e. The van der Waals surface area contributed by atoms with Crippen LogP contribution in [0.25, 0.3) is 5.76 Å². The highest BCUT2D eigenvalue weighted by Crippen LogP contribution is 2.44. The Labute approximate surface area is 239 Å². The van der Waals surface area contributed by atoms with Crippen LogP contribution in [0, 0.1) is 0 Å². The van der Waals surface area contributed by atoms with Gasteiger partial charge in [-0.2, -0.15) is 13.2 Å². The lowest BCUT2D eigenvalue weighted by Crippen LogP contribution is -2.47. The van der Waals surface area contributed by atoms with E-state index in [1.165, 1.54) is 24.1 Å². The monoisotopic (exact) mass is 591 g/mol. The third-order valence-corrected chi connectivity index (χ3v) is 6.76. The summed E-state index contributed by atoms with van der Waals surface area (Å²) in [7, 11) is 1.50. The quantitative estimate of drug-likeness (QED) is 0.233. The number of rotatable bonds is 8. The van der Waals surface area contributed by atoms with Crippen molar-refractivity contribution in [2.75, 3.05) is 18.9 Å². The largest absolute Gasteiger partial charge is 0.486 e. The number of fused-ring (bicyclic) bond motifs is 1. The van der Waals surface area contributed by atoms with Crippen molar-refractivity contribution in [1.82, 2.24) is 10.2 Å². The predicted octanol–water partition coefficient (Wildman–Crippen LogP) is 6.44. The first kappa shape index (κ1) is 29.3. The van der Waals surface area contributed by atoms with Gasteiger partial charge in [0.05, 0.1) is 18.5 Å². The molecule has 3 aromatic rings. The third kappa shape index (κ3) is 6.89. The molecule has 1 atom stereocenters. The molecule has 1 aliphatic heterocycles. The van der Waals surface area contributed by atoms with E-state index in [0.717, 1.165) is 17.7 Å². The van der Waals surface area contributed by atoms with Crippen molar-refractivity contribution in [2.45, 2.75) is 31.1 Å². The van der Waals surface area contributed by atoms with Crippen molar-refractivity contribution < 1.29 is 27.5 Å². The van der Waals surface area contributed by atoms with E-state index in [4.69, 9.17) is 27.9 Å². The van der Waals surface area contributed by atoms with E-state index in [1.54, 1.807) is 25.1 Å². The number of alkyl halides is 4. The van der Waals surface area contributed by atoms with Crippen molar-refractivity contribution in [3.8, 4) is 0 Å². The van der Waals surface area contributed by atoms with Crippen LogP contribution in [0.3, 0.4) is 0 Å². The van der Waals surface area contributed by atoms with Gasteiger partial charge in [-0.05, 0) is 42.3 Å². The number of likely N-dealkylation sites (N-methyl/N-ethyl adjacent to an activating group) is 1. The number of anilines is 1. The fourth-order valence-corrected chi connectivity index (χ4v) is 4.82. The van der Waals surface area contributed by atoms with E-state index in [0.29, 0.717) is 27.7 Å². The van der Waals surface area contributed by atoms with Crippen molar-refractivity contribution in [1.29, 1.82) is 0 Å². The fourth-order valence-electron chi connectivity index (χ4n) is 4.33. The Hall–Kier alpha value is -3.69. The van der Waals surface area contributed by atoms with Gasteiger partial charge in [0, 0.05) is 23.3 Å². The predicted molar refractivity (Wildman–Crippen MR) is 148 cm³/mol. The minimum absolute atomic E-state index is 0.172. The third-order valence-electron chi connectivity index (χ3n) is 6.25. The van der Waals surface area contributed by atoms with Gasteiger partial charge in [-0.3, -0.25) is 9.59 Å². The minimum Gasteiger partial charge on any atom is -0.486 e. The lowest BCUT2D eigenvalue weighted by molar-refractivity contribution is -0.137. The molecule has 0 aromatic heterocycles. The van der Waals surface area contributed by atoms with Crippen molar-refractivity contribution in [3.05, 3.63) is 106 Å². The van der Waals surface area contributed by atoms with Crippen molar-refractivity contribution in [2.24, 2.45) is 0 Å². The molecule has 0 aliphatic carbocycles. The number of carbonyl (C=O) groups is 2. The van der Waals surface area contributed by atoms with Gasteiger partial charge in [0.2, 0.25) is 11.8 Å². The summed E-state index contributed by atoms with van der Waals surface area (Å²) in [5.74, 6) is -0.792. The average Bonchev–Trinajstić information content (AvgIpc) is 2.90. The van der Waals surface area contributed by atoms with Gasteiger partial charge in [-0.1, -0.05) is 71.7 Å². The zero-order valence-corrected chi connectivity index (χ0v) is 23.1. The summed E-state index contributed by atoms with van der Waals surface area (Å²) in [6.45, 7) is 1.44. The Balaban J connectivity index is 1.55. The molecule has 0 saturated carbocycles. The Morgan fingerprint density at radius 1 is 1.02 bits per heavy atom. The molecular formula is C29H26Cl2F3N3O3. The number of hydrogen-bond donors (Lipinski definition) is 2. The zero-order valence-electron chi connectivity index (χ0n) is 21.6. The number of halogens is 5. The van der Waals surface area contributed by atoms with Crippen LogP contribution in [0.15, 0.2) is 78.5 Å². The van der Waals surface area contributed by atoms with Crippen LogP contribution in [0.4, 0.5) is 18.9 Å². The fraction of sp³-hybridized carbons (Fsp3) is 0.241. The number of hydrogen-bond acceptors (Lipinski definition) is 4. The molecule has 0 bridgehead atoms. The normalized spacial score (nSPS) is 16.6. The molecule has 2 amide bonds. The number of carbonyl (C=O) groups excluding carboxylic acids is 2. The van der Waals surface area contributed by atoms with E-state index >= 15 is 0 Å². The van der Waals surface area contributed by atoms with E-state index < -0.39 is 35.1 Å². The second-order valence-electron chi connectivity index (χ2n) is 9.37. The van der Waals surface area contributed by atoms with Gasteiger partial charge < -0.3 is 20.3 Å². The molecule has 4 rings (SSSR count). The van der Waals surface area contributed by atoms with Gasteiger partial charge in [-0.15, -0.1) is 0 Å². The number of nitrogens with zero attached hydrogens (tertiary/aromatic N) is 1. The molecule has 0 fully saturated rings. The maximum absolute atomic E-state index is 13.2. The number of benzene rings is 3. The van der Waals surface area contributed by atoms with E-state index in [1.807, 2.05) is 30.3 Å². The van der Waals surface area contributed by atoms with E-state index in [2.05, 4.69) is 10.6 Å². The molecule has 0 spiro atoms. The van der Waals surface area contributed by atoms with Crippen LogP contribution in [0.2, 0.25) is 5.02 Å². The topological polar surface area (TPSA) is 70.7 Å². The second-order valence-corrected chi connectivity index (χ2v) is 10.6. The molecular weight excluding hydrogens is 566 g/mol. The van der Waals surface area contributed by atoms with Crippen molar-refractivity contribution in [3.63, 3.8) is 0 Å². The van der Waals surface area contributed by atoms with Crippen LogP contribution in [-0.4, -0.2) is 35.3 Å². The smallest absolute Gasteiger partial charge is 0.416 e. The molecule has 0 saturated heterocycles. The van der Waals surface area contributed by atoms with Gasteiger partial charge in [0.25, 0.3) is 0 Å². The summed E-state index contributed by atoms with van der Waals surface area (Å²) in [6, 6.07) is 19.1. The summed E-state index contributed by atoms with van der Waals surface area (Å²) in [6.07, 6.45) is -4.85. The van der Waals surface area contributed by atoms with E-state index in [-0.39, 0.29) is 18.6 Å². The van der Waals surface area contributed by atoms with Gasteiger partial charge in [-0.25, -0.2) is 0 Å². The number of ether oxygens (including phenoxy) is 1. The van der Waals surface area contributed by atoms with Crippen LogP contribution >= 0.6 is 23.2 Å². The van der Waals surface area contributed by atoms with Gasteiger partial charge in [0.1, 0.15) is 12.3 Å². The van der Waals surface area contributed by atoms with Gasteiger partial charge >= 0.3 is 6.18 Å². The molecule has 40 heavy (non-hydrogen) atoms. The second kappa shape index (κ2) is 11.8. The van der Waals surface area contributed by atoms with E-state index in [9.17, 15) is 22.8 Å². The molecule has 1 unspecified atom stereocenters. The Morgan fingerprint density at radius 3 is 2.42 bits per heavy atom. The molecule has 0 radical (unpaired) electrons. The lowest BCUT2D eigenvalue weighted by atomic mass is 9.99. The first-order valence-corrected chi connectivity index (χ1v) is 13.0. The lowest BCUT2D eigenvalue weighted by Gasteiger charge is -2.39. The van der Waals surface area contributed by atoms with Gasteiger partial charge in [0.15, 0.2) is 10.8 Å². The maximum atomic E-state index is 13.2. The average molecular weight is 592 g/mol. The molecule has 3 aromatic carbocycles. The molecule has 210 valence electrons. The molecule has 11 heteroatoms. The van der Waals surface area contributed by atoms with Crippen molar-refractivity contribution >= 4 is 46.5 Å². The Morgan fingerprint density at radius 2 is 1.73 bits per heavy atom. The zero-order chi connectivity index (χ0) is 29.1. The van der Waals surface area contributed by atoms with Crippen LogP contribution < -0.4 is 10.6 Å². The van der Waals surface area contributed by atoms with Crippen LogP contribution in [-0.2, 0) is 33.5 Å². The first-order valence-electron chi connectivity index (χ1n) is 12.2. The highest BCUT2D eigenvalue weighted by Gasteiger charge is 2.40. The Bertz CT molecular complexity index is 1440. The minimum atomic E-state index is -4.52. The summed E-state index contributed by atoms with van der Waals surface area (Å²) < 4.78 is 45.2. The summed E-state index contributed by atoms with van der Waals surface area (Å²) >= 11 is 13.2. The standard InChI is InChI=1S/C29H26Cl2F3N3O3/c1-28(31)27(26(40-17-18-7-4-3-5-8-18)22-15-21(30)11-12-23(22)36-28)37(2)25(39)16-35-24(38)14-19-9-6-10-20(13-19)29(32,33)34/h3-13,15,36H,14,16-17H2,1-2H3,(H,35,38). The number of nitrogens with one attached hydrogen (secondary N) is 2. The summed E-state index contributed by atoms with van der Waals surface area (Å²) in [5, 5.41) is 6.12. The molecule has 1 aliphatic rings. The SMILES string of the molecule is CN(C(=O)CNC(=O)Cc1cccc(C(F)(F)F)c1)C1=C(OCc2ccccc2)c2cc(Cl)ccc2NC1(C)Cl.